The summed E-state index contributed by atoms with van der Waals surface area (Å²) in [5, 5.41) is 8.11. The van der Waals surface area contributed by atoms with Gasteiger partial charge in [0.1, 0.15) is 0 Å². The molecule has 2 atom stereocenters. The Morgan fingerprint density at radius 1 is 1.29 bits per heavy atom. The van der Waals surface area contributed by atoms with E-state index >= 15 is 0 Å². The van der Waals surface area contributed by atoms with Crippen molar-refractivity contribution in [3.63, 3.8) is 0 Å². The molecule has 0 fully saturated rings. The minimum Gasteiger partial charge on any atom is -0.376 e. The maximum atomic E-state index is 4.51. The molecule has 1 aromatic carbocycles. The molecule has 1 aliphatic rings. The van der Waals surface area contributed by atoms with Crippen molar-refractivity contribution >= 4 is 5.69 Å². The van der Waals surface area contributed by atoms with E-state index in [9.17, 15) is 0 Å². The third kappa shape index (κ3) is 1.82. The monoisotopic (exact) mass is 227 g/mol. The second kappa shape index (κ2) is 3.91. The Hall–Kier alpha value is -1.77. The first kappa shape index (κ1) is 10.4. The summed E-state index contributed by atoms with van der Waals surface area (Å²) in [6.07, 6.45) is 3.12. The van der Waals surface area contributed by atoms with Crippen LogP contribution < -0.4 is 5.32 Å². The number of nitrogens with zero attached hydrogens (tertiary/aromatic N) is 2. The Morgan fingerprint density at radius 3 is 2.88 bits per heavy atom. The lowest BCUT2D eigenvalue weighted by atomic mass is 9.87. The zero-order valence-corrected chi connectivity index (χ0v) is 10.2. The van der Waals surface area contributed by atoms with Gasteiger partial charge in [-0.3, -0.25) is 4.68 Å². The van der Waals surface area contributed by atoms with Crippen molar-refractivity contribution < 1.29 is 0 Å². The van der Waals surface area contributed by atoms with Gasteiger partial charge in [-0.15, -0.1) is 0 Å². The second-order valence-corrected chi connectivity index (χ2v) is 4.87. The molecule has 3 rings (SSSR count). The molecule has 3 heteroatoms. The molecule has 0 saturated heterocycles. The van der Waals surface area contributed by atoms with Gasteiger partial charge in [-0.25, -0.2) is 0 Å². The van der Waals surface area contributed by atoms with Crippen molar-refractivity contribution in [2.24, 2.45) is 13.0 Å². The van der Waals surface area contributed by atoms with Crippen LogP contribution in [0.3, 0.4) is 0 Å². The quantitative estimate of drug-likeness (QED) is 0.812. The first-order valence-corrected chi connectivity index (χ1v) is 6.08. The molecular weight excluding hydrogens is 210 g/mol. The average Bonchev–Trinajstić information content (AvgIpc) is 2.75. The minimum atomic E-state index is 0.325. The molecule has 2 aromatic rings. The van der Waals surface area contributed by atoms with Gasteiger partial charge in [-0.1, -0.05) is 25.1 Å². The molecule has 88 valence electrons. The van der Waals surface area contributed by atoms with E-state index in [1.54, 1.807) is 0 Å². The Labute approximate surface area is 101 Å². The number of hydrogen-bond acceptors (Lipinski definition) is 2. The lowest BCUT2D eigenvalue weighted by Gasteiger charge is -2.31. The largest absolute Gasteiger partial charge is 0.376 e. The van der Waals surface area contributed by atoms with Crippen LogP contribution in [0.25, 0.3) is 0 Å². The van der Waals surface area contributed by atoms with Crippen LogP contribution in [-0.2, 0) is 13.5 Å². The fraction of sp³-hybridized carbons (Fsp3) is 0.357. The van der Waals surface area contributed by atoms with Gasteiger partial charge in [0.25, 0.3) is 0 Å². The van der Waals surface area contributed by atoms with Gasteiger partial charge in [-0.05, 0) is 30.0 Å². The summed E-state index contributed by atoms with van der Waals surface area (Å²) in [7, 11) is 1.96. The summed E-state index contributed by atoms with van der Waals surface area (Å²) < 4.78 is 1.87. The number of aromatic nitrogens is 2. The molecule has 0 aliphatic carbocycles. The first-order valence-electron chi connectivity index (χ1n) is 6.08. The van der Waals surface area contributed by atoms with E-state index in [0.717, 1.165) is 12.1 Å². The number of anilines is 1. The predicted molar refractivity (Wildman–Crippen MR) is 68.9 cm³/mol. The molecule has 1 aliphatic heterocycles. The topological polar surface area (TPSA) is 29.9 Å². The highest BCUT2D eigenvalue weighted by Crippen LogP contribution is 2.35. The Morgan fingerprint density at radius 2 is 2.12 bits per heavy atom. The van der Waals surface area contributed by atoms with Gasteiger partial charge in [-0.2, -0.15) is 5.10 Å². The summed E-state index contributed by atoms with van der Waals surface area (Å²) in [4.78, 5) is 0. The van der Waals surface area contributed by atoms with Gasteiger partial charge in [0.2, 0.25) is 0 Å². The summed E-state index contributed by atoms with van der Waals surface area (Å²) in [6.45, 7) is 2.28. The summed E-state index contributed by atoms with van der Waals surface area (Å²) in [5.74, 6) is 0.569. The van der Waals surface area contributed by atoms with Crippen LogP contribution in [0, 0.1) is 5.92 Å². The fourth-order valence-corrected chi connectivity index (χ4v) is 2.58. The third-order valence-corrected chi connectivity index (χ3v) is 3.49. The van der Waals surface area contributed by atoms with Gasteiger partial charge in [0.15, 0.2) is 0 Å². The number of benzene rings is 1. The normalized spacial score (nSPS) is 22.9. The Bertz CT molecular complexity index is 530. The zero-order chi connectivity index (χ0) is 11.8. The number of fused-ring (bicyclic) bond motifs is 1. The summed E-state index contributed by atoms with van der Waals surface area (Å²) in [5.41, 5.74) is 3.79. The van der Waals surface area contributed by atoms with Crippen LogP contribution >= 0.6 is 0 Å². The summed E-state index contributed by atoms with van der Waals surface area (Å²) >= 11 is 0. The average molecular weight is 227 g/mol. The molecule has 17 heavy (non-hydrogen) atoms. The molecule has 0 spiro atoms. The molecule has 1 N–H and O–H groups in total. The summed E-state index contributed by atoms with van der Waals surface area (Å²) in [6, 6.07) is 11.0. The molecule has 0 amide bonds. The van der Waals surface area contributed by atoms with E-state index in [4.69, 9.17) is 0 Å². The van der Waals surface area contributed by atoms with E-state index < -0.39 is 0 Å². The van der Waals surface area contributed by atoms with Crippen LogP contribution in [0.5, 0.6) is 0 Å². The van der Waals surface area contributed by atoms with E-state index in [1.807, 2.05) is 17.9 Å². The maximum Gasteiger partial charge on any atom is 0.0849 e. The van der Waals surface area contributed by atoms with Gasteiger partial charge >= 0.3 is 0 Å². The molecular formula is C14H17N3. The highest BCUT2D eigenvalue weighted by molar-refractivity contribution is 5.54. The van der Waals surface area contributed by atoms with Gasteiger partial charge in [0.05, 0.1) is 11.7 Å². The standard InChI is InChI=1S/C14H17N3/c1-10-9-11-5-3-4-6-12(11)15-14(10)13-7-8-17(2)16-13/h3-8,10,14-15H,9H2,1-2H3. The molecule has 0 bridgehead atoms. The number of aryl methyl sites for hydroxylation is 1. The van der Waals surface area contributed by atoms with Crippen LogP contribution in [0.15, 0.2) is 36.5 Å². The van der Waals surface area contributed by atoms with Crippen molar-refractivity contribution in [2.75, 3.05) is 5.32 Å². The number of nitrogens with one attached hydrogen (secondary N) is 1. The second-order valence-electron chi connectivity index (χ2n) is 4.87. The zero-order valence-electron chi connectivity index (χ0n) is 10.2. The smallest absolute Gasteiger partial charge is 0.0849 e. The predicted octanol–water partition coefficient (Wildman–Crippen LogP) is 2.77. The third-order valence-electron chi connectivity index (χ3n) is 3.49. The first-order chi connectivity index (χ1) is 8.24. The van der Waals surface area contributed by atoms with Gasteiger partial charge in [0, 0.05) is 18.9 Å². The van der Waals surface area contributed by atoms with Gasteiger partial charge < -0.3 is 5.32 Å². The number of hydrogen-bond donors (Lipinski definition) is 1. The van der Waals surface area contributed by atoms with Crippen molar-refractivity contribution in [1.82, 2.24) is 9.78 Å². The molecule has 3 nitrogen and oxygen atoms in total. The minimum absolute atomic E-state index is 0.325. The molecule has 0 radical (unpaired) electrons. The molecule has 0 saturated carbocycles. The highest BCUT2D eigenvalue weighted by atomic mass is 15.3. The maximum absolute atomic E-state index is 4.51. The van der Waals surface area contributed by atoms with Crippen molar-refractivity contribution in [3.8, 4) is 0 Å². The van der Waals surface area contributed by atoms with Crippen LogP contribution in [0.1, 0.15) is 24.2 Å². The van der Waals surface area contributed by atoms with E-state index in [1.165, 1.54) is 11.3 Å². The van der Waals surface area contributed by atoms with E-state index in [2.05, 4.69) is 47.7 Å². The Kier molecular flexibility index (Phi) is 2.39. The fourth-order valence-electron chi connectivity index (χ4n) is 2.58. The highest BCUT2D eigenvalue weighted by Gasteiger charge is 2.27. The number of para-hydroxylation sites is 1. The van der Waals surface area contributed by atoms with Crippen molar-refractivity contribution in [2.45, 2.75) is 19.4 Å². The molecule has 1 aromatic heterocycles. The molecule has 2 unspecified atom stereocenters. The SMILES string of the molecule is CC1Cc2ccccc2NC1c1ccn(C)n1. The van der Waals surface area contributed by atoms with Crippen molar-refractivity contribution in [1.29, 1.82) is 0 Å². The van der Waals surface area contributed by atoms with Crippen LogP contribution in [-0.4, -0.2) is 9.78 Å². The lowest BCUT2D eigenvalue weighted by Crippen LogP contribution is -2.26. The Balaban J connectivity index is 1.94. The van der Waals surface area contributed by atoms with Crippen molar-refractivity contribution in [3.05, 3.63) is 47.8 Å². The van der Waals surface area contributed by atoms with Crippen LogP contribution in [0.4, 0.5) is 5.69 Å². The molecule has 2 heterocycles. The number of rotatable bonds is 1. The van der Waals surface area contributed by atoms with Crippen LogP contribution in [0.2, 0.25) is 0 Å². The van der Waals surface area contributed by atoms with E-state index in [0.29, 0.717) is 12.0 Å². The lowest BCUT2D eigenvalue weighted by molar-refractivity contribution is 0.466. The van der Waals surface area contributed by atoms with E-state index in [-0.39, 0.29) is 0 Å².